The van der Waals surface area contributed by atoms with Gasteiger partial charge in [-0.25, -0.2) is 9.36 Å². The van der Waals surface area contributed by atoms with Crippen LogP contribution in [0.3, 0.4) is 0 Å². The first kappa shape index (κ1) is 25.4. The molecule has 1 aromatic heterocycles. The molecule has 0 spiro atoms. The summed E-state index contributed by atoms with van der Waals surface area (Å²) in [5, 5.41) is 13.1. The van der Waals surface area contributed by atoms with Gasteiger partial charge in [-0.15, -0.1) is 0 Å². The lowest BCUT2D eigenvalue weighted by molar-refractivity contribution is 0.0547. The molecule has 0 aliphatic carbocycles. The average Bonchev–Trinajstić information content (AvgIpc) is 3.41. The van der Waals surface area contributed by atoms with Crippen molar-refractivity contribution in [3.05, 3.63) is 58.7 Å². The van der Waals surface area contributed by atoms with Crippen LogP contribution in [0.25, 0.3) is 22.2 Å². The Morgan fingerprint density at radius 1 is 1.05 bits per heavy atom. The van der Waals surface area contributed by atoms with Gasteiger partial charge in [-0.3, -0.25) is 14.6 Å². The average molecular weight is 505 g/mol. The van der Waals surface area contributed by atoms with Crippen LogP contribution in [-0.2, 0) is 17.8 Å². The van der Waals surface area contributed by atoms with Gasteiger partial charge in [0.2, 0.25) is 0 Å². The largest absolute Gasteiger partial charge is 0.443 e. The van der Waals surface area contributed by atoms with Crippen molar-refractivity contribution in [1.29, 1.82) is 0 Å². The third kappa shape index (κ3) is 5.14. The summed E-state index contributed by atoms with van der Waals surface area (Å²) in [7, 11) is 0. The number of piperazine rings is 1. The molecule has 0 bridgehead atoms. The van der Waals surface area contributed by atoms with Gasteiger partial charge >= 0.3 is 6.09 Å². The molecule has 37 heavy (non-hydrogen) atoms. The number of ether oxygens (including phenoxy) is 1. The fourth-order valence-electron chi connectivity index (χ4n) is 5.35. The van der Waals surface area contributed by atoms with Crippen molar-refractivity contribution in [1.82, 2.24) is 19.7 Å². The van der Waals surface area contributed by atoms with Crippen LogP contribution < -0.4 is 5.32 Å². The standard InChI is InChI=1S/C29H36N4O4/c1-19-5-7-22(26-23(19)17-30-27(26)35)25-16-21-15-20(18-32-11-9-31(10-12-32)13-14-34)6-8-24(21)33(25)28(36)37-29(2,3)4/h5-8,15-16,34H,9-14,17-18H2,1-4H3,(H,30,35). The lowest BCUT2D eigenvalue weighted by atomic mass is 9.96. The molecule has 1 fully saturated rings. The van der Waals surface area contributed by atoms with Crippen LogP contribution in [0, 0.1) is 6.92 Å². The first-order valence-corrected chi connectivity index (χ1v) is 13.0. The van der Waals surface area contributed by atoms with Crippen LogP contribution in [-0.4, -0.2) is 76.4 Å². The zero-order chi connectivity index (χ0) is 26.3. The molecule has 8 nitrogen and oxygen atoms in total. The van der Waals surface area contributed by atoms with Gasteiger partial charge in [-0.05, 0) is 62.6 Å². The molecule has 2 aromatic carbocycles. The minimum Gasteiger partial charge on any atom is -0.443 e. The van der Waals surface area contributed by atoms with Crippen molar-refractivity contribution in [3.63, 3.8) is 0 Å². The number of aromatic nitrogens is 1. The predicted octanol–water partition coefficient (Wildman–Crippen LogP) is 3.75. The number of aliphatic hydroxyl groups excluding tert-OH is 1. The molecule has 1 saturated heterocycles. The first-order chi connectivity index (χ1) is 17.6. The highest BCUT2D eigenvalue weighted by Crippen LogP contribution is 2.36. The summed E-state index contributed by atoms with van der Waals surface area (Å²) in [6.07, 6.45) is -0.460. The number of aliphatic hydroxyl groups is 1. The zero-order valence-corrected chi connectivity index (χ0v) is 22.1. The van der Waals surface area contributed by atoms with Crippen LogP contribution in [0.5, 0.6) is 0 Å². The fourth-order valence-corrected chi connectivity index (χ4v) is 5.35. The minimum absolute atomic E-state index is 0.115. The Bertz CT molecular complexity index is 1350. The lowest BCUT2D eigenvalue weighted by Gasteiger charge is -2.34. The monoisotopic (exact) mass is 504 g/mol. The molecule has 196 valence electrons. The smallest absolute Gasteiger partial charge is 0.419 e. The van der Waals surface area contributed by atoms with E-state index < -0.39 is 11.7 Å². The number of β-amino-alcohol motifs (C(OH)–C–C–N with tert-alkyl or cyclic N) is 1. The van der Waals surface area contributed by atoms with Gasteiger partial charge in [0.05, 0.1) is 23.4 Å². The van der Waals surface area contributed by atoms with Crippen LogP contribution in [0.1, 0.15) is 47.8 Å². The predicted molar refractivity (Wildman–Crippen MR) is 144 cm³/mol. The Morgan fingerprint density at radius 2 is 1.78 bits per heavy atom. The summed E-state index contributed by atoms with van der Waals surface area (Å²) in [5.74, 6) is -0.115. The molecular weight excluding hydrogens is 468 g/mol. The number of nitrogens with one attached hydrogen (secondary N) is 1. The molecule has 1 amide bonds. The van der Waals surface area contributed by atoms with Gasteiger partial charge in [0.15, 0.2) is 0 Å². The van der Waals surface area contributed by atoms with Gasteiger partial charge in [0.1, 0.15) is 5.60 Å². The number of rotatable bonds is 5. The van der Waals surface area contributed by atoms with Gasteiger partial charge < -0.3 is 15.2 Å². The van der Waals surface area contributed by atoms with E-state index in [9.17, 15) is 14.7 Å². The maximum Gasteiger partial charge on any atom is 0.419 e. The van der Waals surface area contributed by atoms with Crippen LogP contribution in [0.4, 0.5) is 4.79 Å². The minimum atomic E-state index is -0.657. The van der Waals surface area contributed by atoms with Gasteiger partial charge in [-0.1, -0.05) is 18.2 Å². The third-order valence-electron chi connectivity index (χ3n) is 7.21. The van der Waals surface area contributed by atoms with E-state index in [1.54, 1.807) is 4.57 Å². The van der Waals surface area contributed by atoms with Crippen LogP contribution in [0.15, 0.2) is 36.4 Å². The third-order valence-corrected chi connectivity index (χ3v) is 7.21. The van der Waals surface area contributed by atoms with E-state index in [-0.39, 0.29) is 12.5 Å². The Balaban J connectivity index is 1.54. The maximum atomic E-state index is 13.5. The second kappa shape index (κ2) is 9.93. The quantitative estimate of drug-likeness (QED) is 0.550. The van der Waals surface area contributed by atoms with Gasteiger partial charge in [0, 0.05) is 56.8 Å². The Morgan fingerprint density at radius 3 is 2.49 bits per heavy atom. The number of nitrogens with zero attached hydrogens (tertiary/aromatic N) is 3. The summed E-state index contributed by atoms with van der Waals surface area (Å²) >= 11 is 0. The van der Waals surface area contributed by atoms with Crippen molar-refractivity contribution < 1.29 is 19.4 Å². The number of carbonyl (C=O) groups is 2. The summed E-state index contributed by atoms with van der Waals surface area (Å²) in [4.78, 5) is 31.0. The van der Waals surface area contributed by atoms with Gasteiger partial charge in [-0.2, -0.15) is 0 Å². The molecule has 3 heterocycles. The molecule has 5 rings (SSSR count). The SMILES string of the molecule is Cc1ccc(-c2cc3cc(CN4CCN(CCO)CC4)ccc3n2C(=O)OC(C)(C)C)c2c1CNC2=O. The Kier molecular flexibility index (Phi) is 6.83. The van der Waals surface area contributed by atoms with Gasteiger partial charge in [0.25, 0.3) is 5.91 Å². The molecule has 2 aliphatic heterocycles. The Labute approximate surface area is 217 Å². The Hall–Kier alpha value is -3.20. The molecule has 3 aromatic rings. The van der Waals surface area contributed by atoms with E-state index in [4.69, 9.17) is 4.74 Å². The molecule has 0 saturated carbocycles. The lowest BCUT2D eigenvalue weighted by Crippen LogP contribution is -2.46. The number of aryl methyl sites for hydroxylation is 1. The first-order valence-electron chi connectivity index (χ1n) is 13.0. The van der Waals surface area contributed by atoms with E-state index >= 15 is 0 Å². The number of fused-ring (bicyclic) bond motifs is 2. The molecule has 8 heteroatoms. The zero-order valence-electron chi connectivity index (χ0n) is 22.1. The second-order valence-corrected chi connectivity index (χ2v) is 11.0. The highest BCUT2D eigenvalue weighted by molar-refractivity contribution is 6.07. The van der Waals surface area contributed by atoms with Crippen molar-refractivity contribution in [2.24, 2.45) is 0 Å². The summed E-state index contributed by atoms with van der Waals surface area (Å²) in [5.41, 5.74) is 5.33. The van der Waals surface area contributed by atoms with Crippen LogP contribution in [0.2, 0.25) is 0 Å². The van der Waals surface area contributed by atoms with E-state index in [0.29, 0.717) is 17.8 Å². The van der Waals surface area contributed by atoms with Crippen LogP contribution >= 0.6 is 0 Å². The van der Waals surface area contributed by atoms with Crippen molar-refractivity contribution in [3.8, 4) is 11.3 Å². The molecule has 0 atom stereocenters. The number of carbonyl (C=O) groups excluding carboxylic acids is 2. The van der Waals surface area contributed by atoms with E-state index in [0.717, 1.165) is 66.9 Å². The number of hydrogen-bond acceptors (Lipinski definition) is 6. The topological polar surface area (TPSA) is 87.0 Å². The van der Waals surface area contributed by atoms with E-state index in [1.807, 2.05) is 52.0 Å². The number of amides is 1. The van der Waals surface area contributed by atoms with Crippen molar-refractivity contribution in [2.75, 3.05) is 39.3 Å². The van der Waals surface area contributed by atoms with E-state index in [2.05, 4.69) is 27.2 Å². The highest BCUT2D eigenvalue weighted by atomic mass is 16.6. The number of benzene rings is 2. The number of hydrogen-bond donors (Lipinski definition) is 2. The molecule has 2 N–H and O–H groups in total. The summed E-state index contributed by atoms with van der Waals surface area (Å²) in [6.45, 7) is 13.6. The molecule has 0 radical (unpaired) electrons. The molecule has 0 unspecified atom stereocenters. The van der Waals surface area contributed by atoms with Crippen molar-refractivity contribution in [2.45, 2.75) is 46.4 Å². The molecule has 2 aliphatic rings. The maximum absolute atomic E-state index is 13.5. The fraction of sp³-hybridized carbons (Fsp3) is 0.448. The summed E-state index contributed by atoms with van der Waals surface area (Å²) < 4.78 is 7.40. The van der Waals surface area contributed by atoms with E-state index in [1.165, 1.54) is 5.56 Å². The summed E-state index contributed by atoms with van der Waals surface area (Å²) in [6, 6.07) is 12.1. The normalized spacial score (nSPS) is 16.7. The molecular formula is C29H36N4O4. The highest BCUT2D eigenvalue weighted by Gasteiger charge is 2.29. The second-order valence-electron chi connectivity index (χ2n) is 11.0. The van der Waals surface area contributed by atoms with Crippen molar-refractivity contribution >= 4 is 22.9 Å².